The average molecular weight is 260 g/mol. The predicted octanol–water partition coefficient (Wildman–Crippen LogP) is 3.58. The third-order valence-corrected chi connectivity index (χ3v) is 2.58. The number of hydrogen-bond acceptors (Lipinski definition) is 2. The molecule has 0 fully saturated rings. The van der Waals surface area contributed by atoms with E-state index in [4.69, 9.17) is 27.9 Å². The van der Waals surface area contributed by atoms with Crippen LogP contribution in [0.3, 0.4) is 0 Å². The summed E-state index contributed by atoms with van der Waals surface area (Å²) in [5.74, 6) is 0.795. The molecule has 2 nitrogen and oxygen atoms in total. The standard InChI is InChI=1S/C12H15Cl2NO/c1-2-15-9-10-11(14)5-3-6-12(10)16-8-4-7-13/h3-7,15H,2,8-9H2,1H3/b7-4+. The number of rotatable bonds is 6. The highest BCUT2D eigenvalue weighted by atomic mass is 35.5. The zero-order valence-electron chi connectivity index (χ0n) is 9.17. The van der Waals surface area contributed by atoms with Crippen LogP contribution in [0.4, 0.5) is 0 Å². The fourth-order valence-electron chi connectivity index (χ4n) is 1.27. The van der Waals surface area contributed by atoms with Gasteiger partial charge in [-0.25, -0.2) is 0 Å². The van der Waals surface area contributed by atoms with Crippen LogP contribution >= 0.6 is 23.2 Å². The molecule has 1 rings (SSSR count). The van der Waals surface area contributed by atoms with Gasteiger partial charge in [0.2, 0.25) is 0 Å². The molecule has 0 unspecified atom stereocenters. The lowest BCUT2D eigenvalue weighted by molar-refractivity contribution is 0.358. The first-order chi connectivity index (χ1) is 7.79. The van der Waals surface area contributed by atoms with Crippen LogP contribution in [0.2, 0.25) is 5.02 Å². The van der Waals surface area contributed by atoms with E-state index in [1.54, 1.807) is 6.08 Å². The lowest BCUT2D eigenvalue weighted by Gasteiger charge is -2.12. The van der Waals surface area contributed by atoms with E-state index in [9.17, 15) is 0 Å². The molecule has 0 aliphatic carbocycles. The molecule has 0 bridgehead atoms. The first-order valence-corrected chi connectivity index (χ1v) is 5.97. The number of hydrogen-bond donors (Lipinski definition) is 1. The van der Waals surface area contributed by atoms with Crippen LogP contribution in [0.5, 0.6) is 5.75 Å². The SMILES string of the molecule is CCNCc1c(Cl)cccc1OC/C=C/Cl. The van der Waals surface area contributed by atoms with Gasteiger partial charge >= 0.3 is 0 Å². The van der Waals surface area contributed by atoms with Gasteiger partial charge in [0, 0.05) is 22.7 Å². The Bertz CT molecular complexity index is 353. The van der Waals surface area contributed by atoms with E-state index in [0.29, 0.717) is 18.2 Å². The number of nitrogens with one attached hydrogen (secondary N) is 1. The molecule has 0 radical (unpaired) electrons. The Morgan fingerprint density at radius 1 is 1.44 bits per heavy atom. The second kappa shape index (κ2) is 7.55. The van der Waals surface area contributed by atoms with Crippen molar-refractivity contribution in [1.82, 2.24) is 5.32 Å². The van der Waals surface area contributed by atoms with Crippen molar-refractivity contribution in [2.75, 3.05) is 13.2 Å². The van der Waals surface area contributed by atoms with E-state index in [1.807, 2.05) is 25.1 Å². The lowest BCUT2D eigenvalue weighted by atomic mass is 10.2. The molecule has 4 heteroatoms. The molecule has 1 aromatic rings. The average Bonchev–Trinajstić information content (AvgIpc) is 2.28. The van der Waals surface area contributed by atoms with Crippen molar-refractivity contribution < 1.29 is 4.74 Å². The summed E-state index contributed by atoms with van der Waals surface area (Å²) in [4.78, 5) is 0. The van der Waals surface area contributed by atoms with Crippen LogP contribution < -0.4 is 10.1 Å². The van der Waals surface area contributed by atoms with Crippen molar-refractivity contribution in [3.8, 4) is 5.75 Å². The number of halogens is 2. The minimum absolute atomic E-state index is 0.447. The molecule has 0 atom stereocenters. The Labute approximate surface area is 106 Å². The molecule has 1 N–H and O–H groups in total. The summed E-state index contributed by atoms with van der Waals surface area (Å²) in [5, 5.41) is 3.94. The molecule has 0 aromatic heterocycles. The number of benzene rings is 1. The Morgan fingerprint density at radius 2 is 2.25 bits per heavy atom. The Morgan fingerprint density at radius 3 is 2.94 bits per heavy atom. The molecule has 0 amide bonds. The van der Waals surface area contributed by atoms with Crippen molar-refractivity contribution in [3.05, 3.63) is 40.4 Å². The Balaban J connectivity index is 2.76. The highest BCUT2D eigenvalue weighted by molar-refractivity contribution is 6.31. The van der Waals surface area contributed by atoms with E-state index < -0.39 is 0 Å². The fraction of sp³-hybridized carbons (Fsp3) is 0.333. The molecule has 1 aromatic carbocycles. The minimum Gasteiger partial charge on any atom is -0.489 e. The van der Waals surface area contributed by atoms with Crippen molar-refractivity contribution in [3.63, 3.8) is 0 Å². The maximum absolute atomic E-state index is 6.11. The first-order valence-electron chi connectivity index (χ1n) is 5.15. The molecular formula is C12H15Cl2NO. The lowest BCUT2D eigenvalue weighted by Crippen LogP contribution is -2.13. The maximum Gasteiger partial charge on any atom is 0.125 e. The van der Waals surface area contributed by atoms with Crippen LogP contribution in [0.25, 0.3) is 0 Å². The third-order valence-electron chi connectivity index (χ3n) is 2.05. The Hall–Kier alpha value is -0.700. The summed E-state index contributed by atoms with van der Waals surface area (Å²) in [6, 6.07) is 5.64. The van der Waals surface area contributed by atoms with Gasteiger partial charge in [0.15, 0.2) is 0 Å². The normalized spacial score (nSPS) is 10.9. The summed E-state index contributed by atoms with van der Waals surface area (Å²) >= 11 is 11.5. The molecule has 0 saturated carbocycles. The van der Waals surface area contributed by atoms with Gasteiger partial charge in [-0.15, -0.1) is 0 Å². The summed E-state index contributed by atoms with van der Waals surface area (Å²) in [6.45, 7) is 4.10. The van der Waals surface area contributed by atoms with Crippen LogP contribution in [0, 0.1) is 0 Å². The maximum atomic E-state index is 6.11. The summed E-state index contributed by atoms with van der Waals surface area (Å²) in [5.41, 5.74) is 2.42. The van der Waals surface area contributed by atoms with Gasteiger partial charge < -0.3 is 10.1 Å². The highest BCUT2D eigenvalue weighted by Gasteiger charge is 2.06. The summed E-state index contributed by atoms with van der Waals surface area (Å²) < 4.78 is 5.56. The van der Waals surface area contributed by atoms with Crippen LogP contribution in [-0.4, -0.2) is 13.2 Å². The van der Waals surface area contributed by atoms with E-state index in [0.717, 1.165) is 17.9 Å². The predicted molar refractivity (Wildman–Crippen MR) is 69.3 cm³/mol. The van der Waals surface area contributed by atoms with Gasteiger partial charge in [0.1, 0.15) is 12.4 Å². The van der Waals surface area contributed by atoms with E-state index in [-0.39, 0.29) is 0 Å². The van der Waals surface area contributed by atoms with Gasteiger partial charge in [-0.3, -0.25) is 0 Å². The van der Waals surface area contributed by atoms with Gasteiger partial charge in [0.05, 0.1) is 0 Å². The molecule has 0 aliphatic rings. The van der Waals surface area contributed by atoms with Crippen LogP contribution in [0.1, 0.15) is 12.5 Å². The van der Waals surface area contributed by atoms with Crippen molar-refractivity contribution >= 4 is 23.2 Å². The molecule has 16 heavy (non-hydrogen) atoms. The highest BCUT2D eigenvalue weighted by Crippen LogP contribution is 2.26. The van der Waals surface area contributed by atoms with Crippen molar-refractivity contribution in [2.45, 2.75) is 13.5 Å². The van der Waals surface area contributed by atoms with Gasteiger partial charge in [-0.2, -0.15) is 0 Å². The van der Waals surface area contributed by atoms with Gasteiger partial charge in [-0.1, -0.05) is 36.2 Å². The van der Waals surface area contributed by atoms with Crippen molar-refractivity contribution in [1.29, 1.82) is 0 Å². The van der Waals surface area contributed by atoms with Crippen LogP contribution in [0.15, 0.2) is 29.8 Å². The molecule has 0 spiro atoms. The molecule has 0 aliphatic heterocycles. The smallest absolute Gasteiger partial charge is 0.125 e. The third kappa shape index (κ3) is 4.05. The topological polar surface area (TPSA) is 21.3 Å². The second-order valence-corrected chi connectivity index (χ2v) is 3.83. The minimum atomic E-state index is 0.447. The number of ether oxygens (including phenoxy) is 1. The van der Waals surface area contributed by atoms with E-state index in [2.05, 4.69) is 5.32 Å². The molecule has 88 valence electrons. The van der Waals surface area contributed by atoms with E-state index in [1.165, 1.54) is 5.54 Å². The second-order valence-electron chi connectivity index (χ2n) is 3.17. The summed E-state index contributed by atoms with van der Waals surface area (Å²) in [6.07, 6.45) is 1.74. The summed E-state index contributed by atoms with van der Waals surface area (Å²) in [7, 11) is 0. The molecule has 0 saturated heterocycles. The zero-order valence-corrected chi connectivity index (χ0v) is 10.7. The fourth-order valence-corrected chi connectivity index (χ4v) is 1.58. The molecule has 0 heterocycles. The van der Waals surface area contributed by atoms with Crippen LogP contribution in [-0.2, 0) is 6.54 Å². The van der Waals surface area contributed by atoms with Gasteiger partial charge in [-0.05, 0) is 24.8 Å². The quantitative estimate of drug-likeness (QED) is 0.844. The van der Waals surface area contributed by atoms with E-state index >= 15 is 0 Å². The monoisotopic (exact) mass is 259 g/mol. The molecular weight excluding hydrogens is 245 g/mol. The van der Waals surface area contributed by atoms with Gasteiger partial charge in [0.25, 0.3) is 0 Å². The van der Waals surface area contributed by atoms with Crippen molar-refractivity contribution in [2.24, 2.45) is 0 Å². The Kier molecular flexibility index (Phi) is 6.31. The largest absolute Gasteiger partial charge is 0.489 e. The zero-order chi connectivity index (χ0) is 11.8. The first kappa shape index (κ1) is 13.4.